The van der Waals surface area contributed by atoms with Crippen molar-refractivity contribution in [2.75, 3.05) is 26.2 Å². The van der Waals surface area contributed by atoms with Gasteiger partial charge >= 0.3 is 5.97 Å². The van der Waals surface area contributed by atoms with Crippen LogP contribution in [0.25, 0.3) is 0 Å². The van der Waals surface area contributed by atoms with E-state index in [4.69, 9.17) is 0 Å². The summed E-state index contributed by atoms with van der Waals surface area (Å²) in [6.45, 7) is 3.13. The SMILES string of the molecule is CCCN1C[C@]2(C(=O)O)CN(C(=O)CCc3ccsc3)C[C@@H]2C1=O. The lowest BCUT2D eigenvalue weighted by molar-refractivity contribution is -0.150. The van der Waals surface area contributed by atoms with Crippen LogP contribution in [0.5, 0.6) is 0 Å². The molecule has 0 bridgehead atoms. The molecule has 1 aromatic heterocycles. The number of fused-ring (bicyclic) bond motifs is 1. The zero-order valence-electron chi connectivity index (χ0n) is 13.7. The molecule has 2 amide bonds. The Labute approximate surface area is 145 Å². The highest BCUT2D eigenvalue weighted by Gasteiger charge is 2.62. The highest BCUT2D eigenvalue weighted by molar-refractivity contribution is 7.07. The number of hydrogen-bond donors (Lipinski definition) is 1. The largest absolute Gasteiger partial charge is 0.481 e. The highest BCUT2D eigenvalue weighted by Crippen LogP contribution is 2.43. The fourth-order valence-corrected chi connectivity index (χ4v) is 4.50. The Kier molecular flexibility index (Phi) is 4.62. The number of amides is 2. The lowest BCUT2D eigenvalue weighted by Gasteiger charge is -2.25. The van der Waals surface area contributed by atoms with E-state index in [0.29, 0.717) is 19.4 Å². The Bertz CT molecular complexity index is 645. The maximum Gasteiger partial charge on any atom is 0.314 e. The molecule has 2 fully saturated rings. The van der Waals surface area contributed by atoms with Crippen molar-refractivity contribution in [3.63, 3.8) is 0 Å². The quantitative estimate of drug-likeness (QED) is 0.843. The van der Waals surface area contributed by atoms with Gasteiger partial charge in [-0.05, 0) is 35.2 Å². The topological polar surface area (TPSA) is 77.9 Å². The number of carbonyl (C=O) groups excluding carboxylic acids is 2. The zero-order valence-corrected chi connectivity index (χ0v) is 14.6. The number of rotatable bonds is 6. The van der Waals surface area contributed by atoms with E-state index in [0.717, 1.165) is 12.0 Å². The van der Waals surface area contributed by atoms with Crippen molar-refractivity contribution in [1.82, 2.24) is 9.80 Å². The maximum atomic E-state index is 12.5. The summed E-state index contributed by atoms with van der Waals surface area (Å²) in [5.41, 5.74) is -0.0181. The van der Waals surface area contributed by atoms with Crippen LogP contribution in [0.1, 0.15) is 25.3 Å². The molecule has 1 aromatic rings. The van der Waals surface area contributed by atoms with Gasteiger partial charge in [-0.25, -0.2) is 0 Å². The molecule has 0 aromatic carbocycles. The van der Waals surface area contributed by atoms with Gasteiger partial charge in [0.2, 0.25) is 11.8 Å². The highest BCUT2D eigenvalue weighted by atomic mass is 32.1. The first-order valence-corrected chi connectivity index (χ1v) is 9.23. The molecular weight excluding hydrogens is 328 g/mol. The molecule has 3 rings (SSSR count). The third-order valence-corrected chi connectivity index (χ3v) is 5.84. The minimum absolute atomic E-state index is 0.0638. The van der Waals surface area contributed by atoms with Crippen LogP contribution in [-0.4, -0.2) is 58.9 Å². The average Bonchev–Trinajstić information content (AvgIpc) is 3.24. The molecule has 1 N–H and O–H groups in total. The Morgan fingerprint density at radius 1 is 1.42 bits per heavy atom. The van der Waals surface area contributed by atoms with Crippen LogP contribution in [0.15, 0.2) is 16.8 Å². The van der Waals surface area contributed by atoms with Crippen LogP contribution in [0.4, 0.5) is 0 Å². The summed E-state index contributed by atoms with van der Waals surface area (Å²) in [6.07, 6.45) is 1.81. The molecule has 0 aliphatic carbocycles. The van der Waals surface area contributed by atoms with E-state index in [1.165, 1.54) is 0 Å². The summed E-state index contributed by atoms with van der Waals surface area (Å²) in [6, 6.07) is 1.99. The molecule has 0 radical (unpaired) electrons. The Morgan fingerprint density at radius 3 is 2.79 bits per heavy atom. The Balaban J connectivity index is 1.69. The summed E-state index contributed by atoms with van der Waals surface area (Å²) in [7, 11) is 0. The third-order valence-electron chi connectivity index (χ3n) is 5.11. The van der Waals surface area contributed by atoms with E-state index in [9.17, 15) is 19.5 Å². The van der Waals surface area contributed by atoms with Crippen molar-refractivity contribution in [1.29, 1.82) is 0 Å². The molecule has 3 heterocycles. The standard InChI is InChI=1S/C17H22N2O4S/c1-2-6-18-10-17(16(22)23)11-19(8-13(17)15(18)21)14(20)4-3-12-5-7-24-9-12/h5,7,9,13H,2-4,6,8,10-11H2,1H3,(H,22,23)/t13-,17+/m1/s1. The van der Waals surface area contributed by atoms with Gasteiger partial charge in [-0.3, -0.25) is 14.4 Å². The van der Waals surface area contributed by atoms with Crippen LogP contribution in [-0.2, 0) is 20.8 Å². The van der Waals surface area contributed by atoms with E-state index >= 15 is 0 Å². The number of thiophene rings is 1. The molecule has 0 saturated carbocycles. The molecular formula is C17H22N2O4S. The van der Waals surface area contributed by atoms with Gasteiger partial charge in [-0.2, -0.15) is 11.3 Å². The summed E-state index contributed by atoms with van der Waals surface area (Å²) in [5, 5.41) is 13.7. The molecule has 2 saturated heterocycles. The third kappa shape index (κ3) is 2.81. The number of carbonyl (C=O) groups is 3. The van der Waals surface area contributed by atoms with Crippen LogP contribution in [0.2, 0.25) is 0 Å². The minimum Gasteiger partial charge on any atom is -0.481 e. The fourth-order valence-electron chi connectivity index (χ4n) is 3.80. The summed E-state index contributed by atoms with van der Waals surface area (Å²) >= 11 is 1.59. The lowest BCUT2D eigenvalue weighted by Crippen LogP contribution is -2.42. The summed E-state index contributed by atoms with van der Waals surface area (Å²) in [4.78, 5) is 40.1. The smallest absolute Gasteiger partial charge is 0.314 e. The van der Waals surface area contributed by atoms with Crippen LogP contribution < -0.4 is 0 Å². The molecule has 2 aliphatic rings. The van der Waals surface area contributed by atoms with Gasteiger partial charge < -0.3 is 14.9 Å². The Morgan fingerprint density at radius 2 is 2.21 bits per heavy atom. The van der Waals surface area contributed by atoms with Crippen molar-refractivity contribution >= 4 is 29.1 Å². The monoisotopic (exact) mass is 350 g/mol. The Hall–Kier alpha value is -1.89. The van der Waals surface area contributed by atoms with E-state index < -0.39 is 17.3 Å². The molecule has 130 valence electrons. The second kappa shape index (κ2) is 6.55. The number of aliphatic carboxylic acids is 1. The predicted octanol–water partition coefficient (Wildman–Crippen LogP) is 1.46. The molecule has 24 heavy (non-hydrogen) atoms. The van der Waals surface area contributed by atoms with Gasteiger partial charge in [0.25, 0.3) is 0 Å². The average molecular weight is 350 g/mol. The van der Waals surface area contributed by atoms with Crippen LogP contribution in [0.3, 0.4) is 0 Å². The van der Waals surface area contributed by atoms with Crippen molar-refractivity contribution < 1.29 is 19.5 Å². The molecule has 6 nitrogen and oxygen atoms in total. The number of likely N-dealkylation sites (tertiary alicyclic amines) is 2. The second-order valence-electron chi connectivity index (χ2n) is 6.68. The van der Waals surface area contributed by atoms with Crippen molar-refractivity contribution in [2.24, 2.45) is 11.3 Å². The first-order chi connectivity index (χ1) is 11.5. The normalized spacial score (nSPS) is 26.0. The predicted molar refractivity (Wildman–Crippen MR) is 89.6 cm³/mol. The molecule has 2 aliphatic heterocycles. The fraction of sp³-hybridized carbons (Fsp3) is 0.588. The first kappa shape index (κ1) is 17.0. The first-order valence-electron chi connectivity index (χ1n) is 8.29. The molecule has 0 spiro atoms. The van der Waals surface area contributed by atoms with Gasteiger partial charge in [-0.15, -0.1) is 0 Å². The maximum absolute atomic E-state index is 12.5. The molecule has 0 unspecified atom stereocenters. The number of carboxylic acids is 1. The van der Waals surface area contributed by atoms with E-state index in [-0.39, 0.29) is 31.4 Å². The van der Waals surface area contributed by atoms with Gasteiger partial charge in [0.15, 0.2) is 0 Å². The van der Waals surface area contributed by atoms with E-state index in [1.807, 2.05) is 23.8 Å². The van der Waals surface area contributed by atoms with Crippen molar-refractivity contribution in [2.45, 2.75) is 26.2 Å². The molecule has 7 heteroatoms. The minimum atomic E-state index is -1.13. The van der Waals surface area contributed by atoms with Crippen LogP contribution in [0, 0.1) is 11.3 Å². The summed E-state index contributed by atoms with van der Waals surface area (Å²) in [5.74, 6) is -1.75. The van der Waals surface area contributed by atoms with Gasteiger partial charge in [0.1, 0.15) is 5.41 Å². The van der Waals surface area contributed by atoms with Gasteiger partial charge in [0.05, 0.1) is 5.92 Å². The lowest BCUT2D eigenvalue weighted by atomic mass is 9.81. The van der Waals surface area contributed by atoms with Gasteiger partial charge in [-0.1, -0.05) is 6.92 Å². The van der Waals surface area contributed by atoms with Gasteiger partial charge in [0, 0.05) is 32.6 Å². The number of carboxylic acid groups (broad SMARTS) is 1. The number of aryl methyl sites for hydroxylation is 1. The number of hydrogen-bond acceptors (Lipinski definition) is 4. The second-order valence-corrected chi connectivity index (χ2v) is 7.46. The van der Waals surface area contributed by atoms with Crippen molar-refractivity contribution in [3.8, 4) is 0 Å². The summed E-state index contributed by atoms with van der Waals surface area (Å²) < 4.78 is 0. The van der Waals surface area contributed by atoms with E-state index in [1.54, 1.807) is 21.1 Å². The van der Waals surface area contributed by atoms with Crippen LogP contribution >= 0.6 is 11.3 Å². The molecule has 2 atom stereocenters. The zero-order chi connectivity index (χ0) is 17.3. The number of nitrogens with zero attached hydrogens (tertiary/aromatic N) is 2. The van der Waals surface area contributed by atoms with Crippen molar-refractivity contribution in [3.05, 3.63) is 22.4 Å². The van der Waals surface area contributed by atoms with E-state index in [2.05, 4.69) is 0 Å².